The molecule has 0 heterocycles. The number of hydrogen-bond acceptors (Lipinski definition) is 1. The van der Waals surface area contributed by atoms with Crippen molar-refractivity contribution in [2.75, 3.05) is 0 Å². The minimum atomic E-state index is -0.143. The van der Waals surface area contributed by atoms with E-state index in [0.29, 0.717) is 11.8 Å². The smallest absolute Gasteiger partial charge is 0.0636 e. The molecule has 1 N–H and O–H groups in total. The molecule has 3 aliphatic rings. The minimum absolute atomic E-state index is 0.0981. The van der Waals surface area contributed by atoms with Crippen molar-refractivity contribution in [2.45, 2.75) is 78.2 Å². The summed E-state index contributed by atoms with van der Waals surface area (Å²) in [6.07, 6.45) is 9.51. The maximum atomic E-state index is 10.8. The van der Waals surface area contributed by atoms with E-state index in [9.17, 15) is 5.11 Å². The monoisotopic (exact) mass is 288 g/mol. The predicted octanol–water partition coefficient (Wildman–Crippen LogP) is 5.26. The molecular weight excluding hydrogens is 256 g/mol. The maximum absolute atomic E-state index is 10.8. The van der Waals surface area contributed by atoms with Crippen molar-refractivity contribution in [3.8, 4) is 0 Å². The zero-order valence-corrected chi connectivity index (χ0v) is 14.1. The predicted molar refractivity (Wildman–Crippen MR) is 89.0 cm³/mol. The van der Waals surface area contributed by atoms with Gasteiger partial charge in [0.05, 0.1) is 6.10 Å². The first-order chi connectivity index (χ1) is 9.93. The second-order valence-electron chi connectivity index (χ2n) is 8.33. The summed E-state index contributed by atoms with van der Waals surface area (Å²) in [6.45, 7) is 11.5. The van der Waals surface area contributed by atoms with Crippen LogP contribution in [0.15, 0.2) is 23.3 Å². The van der Waals surface area contributed by atoms with Crippen LogP contribution < -0.4 is 0 Å². The molecule has 0 aromatic rings. The lowest BCUT2D eigenvalue weighted by molar-refractivity contribution is 0.00393. The Kier molecular flexibility index (Phi) is 4.07. The van der Waals surface area contributed by atoms with Crippen LogP contribution in [0.5, 0.6) is 0 Å². The lowest BCUT2D eigenvalue weighted by atomic mass is 9.62. The highest BCUT2D eigenvalue weighted by molar-refractivity contribution is 5.30. The topological polar surface area (TPSA) is 20.2 Å². The van der Waals surface area contributed by atoms with E-state index in [1.165, 1.54) is 50.5 Å². The zero-order valence-electron chi connectivity index (χ0n) is 14.1. The molecule has 5 atom stereocenters. The third kappa shape index (κ3) is 2.52. The van der Waals surface area contributed by atoms with E-state index in [-0.39, 0.29) is 11.5 Å². The van der Waals surface area contributed by atoms with Crippen molar-refractivity contribution >= 4 is 0 Å². The molecule has 21 heavy (non-hydrogen) atoms. The van der Waals surface area contributed by atoms with Crippen molar-refractivity contribution in [1.29, 1.82) is 0 Å². The summed E-state index contributed by atoms with van der Waals surface area (Å²) in [5.74, 6) is 1.98. The second kappa shape index (κ2) is 5.57. The summed E-state index contributed by atoms with van der Waals surface area (Å²) in [6, 6.07) is 0. The Hall–Kier alpha value is -0.560. The summed E-state index contributed by atoms with van der Waals surface area (Å²) in [7, 11) is 0. The first-order valence-corrected chi connectivity index (χ1v) is 8.97. The standard InChI is InChI=1S/C20H32O/c1-13-6-5-7-14(2)17-10-11-20(4)18(21)12-16(9-8-13)15(3)19(17)20/h13,17-19,21H,2,5-12H2,1,3-4H3. The van der Waals surface area contributed by atoms with Gasteiger partial charge in [-0.05, 0) is 69.6 Å². The first-order valence-electron chi connectivity index (χ1n) is 8.97. The molecule has 3 aliphatic carbocycles. The van der Waals surface area contributed by atoms with Gasteiger partial charge < -0.3 is 5.11 Å². The average molecular weight is 288 g/mol. The van der Waals surface area contributed by atoms with E-state index >= 15 is 0 Å². The highest BCUT2D eigenvalue weighted by Gasteiger charge is 2.53. The Labute approximate surface area is 130 Å². The van der Waals surface area contributed by atoms with Gasteiger partial charge in [0.25, 0.3) is 0 Å². The molecule has 0 saturated heterocycles. The largest absolute Gasteiger partial charge is 0.392 e. The van der Waals surface area contributed by atoms with Gasteiger partial charge in [-0.2, -0.15) is 0 Å². The first kappa shape index (κ1) is 15.3. The number of aliphatic hydroxyl groups is 1. The highest BCUT2D eigenvalue weighted by atomic mass is 16.3. The molecule has 3 rings (SSSR count). The molecule has 0 aromatic carbocycles. The Morgan fingerprint density at radius 2 is 1.95 bits per heavy atom. The Balaban J connectivity index is 2.00. The van der Waals surface area contributed by atoms with E-state index in [1.54, 1.807) is 11.1 Å². The molecule has 0 spiro atoms. The van der Waals surface area contributed by atoms with Crippen molar-refractivity contribution in [2.24, 2.45) is 23.2 Å². The molecule has 0 radical (unpaired) electrons. The van der Waals surface area contributed by atoms with Crippen molar-refractivity contribution < 1.29 is 5.11 Å². The lowest BCUT2D eigenvalue weighted by Gasteiger charge is -2.45. The van der Waals surface area contributed by atoms with Crippen LogP contribution in [0, 0.1) is 23.2 Å². The molecule has 2 bridgehead atoms. The normalized spacial score (nSPS) is 44.7. The second-order valence-corrected chi connectivity index (χ2v) is 8.33. The van der Waals surface area contributed by atoms with Gasteiger partial charge in [-0.15, -0.1) is 0 Å². The van der Waals surface area contributed by atoms with Crippen LogP contribution in [0.4, 0.5) is 0 Å². The fraction of sp³-hybridized carbons (Fsp3) is 0.800. The molecular formula is C20H32O. The molecule has 1 heteroatoms. The van der Waals surface area contributed by atoms with Gasteiger partial charge in [-0.3, -0.25) is 0 Å². The molecule has 0 aromatic heterocycles. The molecule has 5 unspecified atom stereocenters. The van der Waals surface area contributed by atoms with Gasteiger partial charge in [0, 0.05) is 5.41 Å². The Bertz CT molecular complexity index is 460. The van der Waals surface area contributed by atoms with Crippen LogP contribution in [-0.4, -0.2) is 11.2 Å². The van der Waals surface area contributed by atoms with E-state index in [4.69, 9.17) is 0 Å². The summed E-state index contributed by atoms with van der Waals surface area (Å²) < 4.78 is 0. The molecule has 0 amide bonds. The van der Waals surface area contributed by atoms with Crippen LogP contribution in [0.1, 0.15) is 72.1 Å². The molecule has 0 aliphatic heterocycles. The van der Waals surface area contributed by atoms with Crippen LogP contribution in [0.25, 0.3) is 0 Å². The minimum Gasteiger partial charge on any atom is -0.392 e. The summed E-state index contributed by atoms with van der Waals surface area (Å²) in [5, 5.41) is 10.8. The Morgan fingerprint density at radius 1 is 1.19 bits per heavy atom. The lowest BCUT2D eigenvalue weighted by Crippen LogP contribution is -2.42. The maximum Gasteiger partial charge on any atom is 0.0636 e. The summed E-state index contributed by atoms with van der Waals surface area (Å²) in [4.78, 5) is 0. The fourth-order valence-electron chi connectivity index (χ4n) is 5.43. The van der Waals surface area contributed by atoms with Crippen molar-refractivity contribution in [3.05, 3.63) is 23.3 Å². The van der Waals surface area contributed by atoms with Crippen molar-refractivity contribution in [1.82, 2.24) is 0 Å². The average Bonchev–Trinajstić information content (AvgIpc) is 2.80. The van der Waals surface area contributed by atoms with Crippen LogP contribution in [-0.2, 0) is 0 Å². The fourth-order valence-corrected chi connectivity index (χ4v) is 5.43. The van der Waals surface area contributed by atoms with E-state index < -0.39 is 0 Å². The van der Waals surface area contributed by atoms with Gasteiger partial charge in [-0.1, -0.05) is 43.6 Å². The molecule has 1 saturated carbocycles. The van der Waals surface area contributed by atoms with Gasteiger partial charge in [0.1, 0.15) is 0 Å². The van der Waals surface area contributed by atoms with Crippen LogP contribution >= 0.6 is 0 Å². The summed E-state index contributed by atoms with van der Waals surface area (Å²) in [5.41, 5.74) is 4.74. The highest BCUT2D eigenvalue weighted by Crippen LogP contribution is 2.59. The van der Waals surface area contributed by atoms with E-state index in [2.05, 4.69) is 27.4 Å². The quantitative estimate of drug-likeness (QED) is 0.603. The summed E-state index contributed by atoms with van der Waals surface area (Å²) >= 11 is 0. The molecule has 1 fully saturated rings. The number of rotatable bonds is 0. The molecule has 118 valence electrons. The van der Waals surface area contributed by atoms with Gasteiger partial charge in [0.15, 0.2) is 0 Å². The third-order valence-electron chi connectivity index (χ3n) is 6.99. The third-order valence-corrected chi connectivity index (χ3v) is 6.99. The number of hydrogen-bond donors (Lipinski definition) is 1. The van der Waals surface area contributed by atoms with Crippen molar-refractivity contribution in [3.63, 3.8) is 0 Å². The zero-order chi connectivity index (χ0) is 15.2. The molecule has 1 nitrogen and oxygen atoms in total. The number of allylic oxidation sites excluding steroid dienone is 2. The van der Waals surface area contributed by atoms with Crippen LogP contribution in [0.2, 0.25) is 0 Å². The van der Waals surface area contributed by atoms with Crippen LogP contribution in [0.3, 0.4) is 0 Å². The van der Waals surface area contributed by atoms with E-state index in [1.807, 2.05) is 0 Å². The van der Waals surface area contributed by atoms with Gasteiger partial charge in [0.2, 0.25) is 0 Å². The Morgan fingerprint density at radius 3 is 2.71 bits per heavy atom. The van der Waals surface area contributed by atoms with Gasteiger partial charge >= 0.3 is 0 Å². The number of aliphatic hydroxyl groups excluding tert-OH is 1. The van der Waals surface area contributed by atoms with E-state index in [0.717, 1.165) is 12.3 Å². The van der Waals surface area contributed by atoms with Gasteiger partial charge in [-0.25, -0.2) is 0 Å². The SMILES string of the molecule is C=C1CCCC(C)CCC2=C(C)C3C1CCC3(C)C(O)C2.